The lowest BCUT2D eigenvalue weighted by Crippen LogP contribution is -2.41. The molecule has 2 aromatic rings. The summed E-state index contributed by atoms with van der Waals surface area (Å²) in [5.74, 6) is -0.770. The number of alkyl halides is 1. The Morgan fingerprint density at radius 2 is 2.08 bits per heavy atom. The van der Waals surface area contributed by atoms with Crippen molar-refractivity contribution in [3.63, 3.8) is 0 Å². The standard InChI is InChI=1S/C17H18FN3O5/c1-8-4-2-3-5-9(8)12(22)14(24)15-11(18)13(23)16(26-15)21-7-6-10(19)20-17(21)25/h2-7,11,13-16,23-24H,1H3,(H2,19,20,25). The van der Waals surface area contributed by atoms with Gasteiger partial charge < -0.3 is 20.7 Å². The Kier molecular flexibility index (Phi) is 4.86. The van der Waals surface area contributed by atoms with Crippen LogP contribution in [0.5, 0.6) is 0 Å². The first kappa shape index (κ1) is 18.2. The summed E-state index contributed by atoms with van der Waals surface area (Å²) in [5, 5.41) is 20.4. The molecule has 1 saturated heterocycles. The predicted molar refractivity (Wildman–Crippen MR) is 89.2 cm³/mol. The Balaban J connectivity index is 1.86. The maximum absolute atomic E-state index is 14.5. The van der Waals surface area contributed by atoms with E-state index in [4.69, 9.17) is 10.5 Å². The van der Waals surface area contributed by atoms with E-state index in [1.54, 1.807) is 25.1 Å². The van der Waals surface area contributed by atoms with Crippen LogP contribution in [-0.2, 0) is 4.74 Å². The van der Waals surface area contributed by atoms with Gasteiger partial charge in [0.15, 0.2) is 18.2 Å². The molecule has 5 unspecified atom stereocenters. The fraction of sp³-hybridized carbons (Fsp3) is 0.353. The van der Waals surface area contributed by atoms with Gasteiger partial charge in [-0.25, -0.2) is 9.18 Å². The first-order valence-electron chi connectivity index (χ1n) is 7.91. The molecular weight excluding hydrogens is 345 g/mol. The van der Waals surface area contributed by atoms with Crippen LogP contribution in [0.3, 0.4) is 0 Å². The van der Waals surface area contributed by atoms with Crippen molar-refractivity contribution in [3.05, 3.63) is 58.1 Å². The van der Waals surface area contributed by atoms with Gasteiger partial charge in [-0.1, -0.05) is 24.3 Å². The fourth-order valence-electron chi connectivity index (χ4n) is 2.92. The SMILES string of the molecule is Cc1ccccc1C(=O)C(O)C1OC(n2ccc(N)nc2=O)C(O)C1F. The molecule has 2 heterocycles. The van der Waals surface area contributed by atoms with Crippen LogP contribution in [0.25, 0.3) is 0 Å². The number of hydrogen-bond acceptors (Lipinski definition) is 7. The molecule has 9 heteroatoms. The Hall–Kier alpha value is -2.62. The minimum atomic E-state index is -2.08. The maximum atomic E-state index is 14.5. The van der Waals surface area contributed by atoms with Gasteiger partial charge in [0.25, 0.3) is 0 Å². The zero-order valence-electron chi connectivity index (χ0n) is 13.8. The van der Waals surface area contributed by atoms with Gasteiger partial charge in [0, 0.05) is 11.8 Å². The number of Topliss-reactive ketones (excluding diaryl/α,β-unsaturated/α-hetero) is 1. The molecule has 0 radical (unpaired) electrons. The highest BCUT2D eigenvalue weighted by molar-refractivity contribution is 6.01. The number of aromatic nitrogens is 2. The first-order chi connectivity index (χ1) is 12.3. The molecule has 0 amide bonds. The lowest BCUT2D eigenvalue weighted by Gasteiger charge is -2.20. The second kappa shape index (κ2) is 6.94. The van der Waals surface area contributed by atoms with E-state index in [1.807, 2.05) is 0 Å². The third-order valence-electron chi connectivity index (χ3n) is 4.34. The number of rotatable bonds is 4. The summed E-state index contributed by atoms with van der Waals surface area (Å²) in [6.07, 6.45) is -7.55. The molecule has 138 valence electrons. The van der Waals surface area contributed by atoms with Crippen LogP contribution in [0, 0.1) is 6.92 Å². The average molecular weight is 363 g/mol. The number of hydrogen-bond donors (Lipinski definition) is 3. The Morgan fingerprint density at radius 1 is 1.38 bits per heavy atom. The van der Waals surface area contributed by atoms with Gasteiger partial charge in [-0.05, 0) is 18.6 Å². The van der Waals surface area contributed by atoms with Crippen LogP contribution in [0.4, 0.5) is 10.2 Å². The van der Waals surface area contributed by atoms with Crippen molar-refractivity contribution < 1.29 is 24.1 Å². The topological polar surface area (TPSA) is 128 Å². The Morgan fingerprint density at radius 3 is 2.73 bits per heavy atom. The number of carbonyl (C=O) groups excluding carboxylic acids is 1. The fourth-order valence-corrected chi connectivity index (χ4v) is 2.92. The van der Waals surface area contributed by atoms with E-state index in [-0.39, 0.29) is 11.4 Å². The molecule has 1 aliphatic heterocycles. The number of carbonyl (C=O) groups is 1. The summed E-state index contributed by atoms with van der Waals surface area (Å²) in [5.41, 5.74) is 5.38. The van der Waals surface area contributed by atoms with Crippen molar-refractivity contribution in [2.24, 2.45) is 0 Å². The zero-order chi connectivity index (χ0) is 19.0. The molecule has 0 spiro atoms. The number of aliphatic hydroxyl groups excluding tert-OH is 2. The number of benzene rings is 1. The minimum Gasteiger partial charge on any atom is -0.385 e. The quantitative estimate of drug-likeness (QED) is 0.651. The molecule has 8 nitrogen and oxygen atoms in total. The number of halogens is 1. The molecule has 26 heavy (non-hydrogen) atoms. The number of nitrogens with zero attached hydrogens (tertiary/aromatic N) is 2. The maximum Gasteiger partial charge on any atom is 0.351 e. The number of ether oxygens (including phenoxy) is 1. The first-order valence-corrected chi connectivity index (χ1v) is 7.91. The molecule has 1 aromatic heterocycles. The third-order valence-corrected chi connectivity index (χ3v) is 4.34. The molecular formula is C17H18FN3O5. The molecule has 5 atom stereocenters. The lowest BCUT2D eigenvalue weighted by atomic mass is 9.96. The lowest BCUT2D eigenvalue weighted by molar-refractivity contribution is -0.0716. The van der Waals surface area contributed by atoms with Gasteiger partial charge in [0.05, 0.1) is 0 Å². The van der Waals surface area contributed by atoms with E-state index in [0.717, 1.165) is 4.57 Å². The van der Waals surface area contributed by atoms with E-state index in [1.165, 1.54) is 18.3 Å². The summed E-state index contributed by atoms with van der Waals surface area (Å²) in [4.78, 5) is 27.9. The van der Waals surface area contributed by atoms with Gasteiger partial charge in [0.1, 0.15) is 24.1 Å². The second-order valence-electron chi connectivity index (χ2n) is 6.09. The van der Waals surface area contributed by atoms with Crippen molar-refractivity contribution in [1.29, 1.82) is 0 Å². The summed E-state index contributed by atoms with van der Waals surface area (Å²) >= 11 is 0. The van der Waals surface area contributed by atoms with E-state index >= 15 is 0 Å². The highest BCUT2D eigenvalue weighted by Gasteiger charge is 2.50. The van der Waals surface area contributed by atoms with Gasteiger partial charge in [-0.3, -0.25) is 9.36 Å². The number of ketones is 1. The number of nitrogen functional groups attached to an aromatic ring is 1. The van der Waals surface area contributed by atoms with Crippen molar-refractivity contribution in [2.75, 3.05) is 5.73 Å². The van der Waals surface area contributed by atoms with E-state index in [9.17, 15) is 24.2 Å². The molecule has 1 fully saturated rings. The van der Waals surface area contributed by atoms with Crippen LogP contribution in [0.15, 0.2) is 41.3 Å². The van der Waals surface area contributed by atoms with Crippen LogP contribution in [0.2, 0.25) is 0 Å². The number of anilines is 1. The monoisotopic (exact) mass is 363 g/mol. The van der Waals surface area contributed by atoms with E-state index in [0.29, 0.717) is 5.56 Å². The average Bonchev–Trinajstić information content (AvgIpc) is 2.90. The number of aryl methyl sites for hydroxylation is 1. The third kappa shape index (κ3) is 3.12. The van der Waals surface area contributed by atoms with Crippen molar-refractivity contribution >= 4 is 11.6 Å². The number of aliphatic hydroxyl groups is 2. The smallest absolute Gasteiger partial charge is 0.351 e. The van der Waals surface area contributed by atoms with Crippen molar-refractivity contribution in [2.45, 2.75) is 37.6 Å². The van der Waals surface area contributed by atoms with Crippen molar-refractivity contribution in [3.8, 4) is 0 Å². The molecule has 4 N–H and O–H groups in total. The largest absolute Gasteiger partial charge is 0.385 e. The molecule has 1 aliphatic rings. The van der Waals surface area contributed by atoms with Gasteiger partial charge in [-0.15, -0.1) is 0 Å². The van der Waals surface area contributed by atoms with Crippen LogP contribution < -0.4 is 11.4 Å². The molecule has 3 rings (SSSR count). The van der Waals surface area contributed by atoms with Crippen LogP contribution >= 0.6 is 0 Å². The summed E-state index contributed by atoms with van der Waals surface area (Å²) in [7, 11) is 0. The summed E-state index contributed by atoms with van der Waals surface area (Å²) < 4.78 is 20.7. The van der Waals surface area contributed by atoms with Crippen molar-refractivity contribution in [1.82, 2.24) is 9.55 Å². The predicted octanol–water partition coefficient (Wildman–Crippen LogP) is -0.0259. The normalized spacial score (nSPS) is 26.6. The van der Waals surface area contributed by atoms with E-state index < -0.39 is 42.2 Å². The second-order valence-corrected chi connectivity index (χ2v) is 6.09. The van der Waals surface area contributed by atoms with Crippen LogP contribution in [0.1, 0.15) is 22.1 Å². The number of nitrogens with two attached hydrogens (primary N) is 1. The zero-order valence-corrected chi connectivity index (χ0v) is 13.8. The van der Waals surface area contributed by atoms with E-state index in [2.05, 4.69) is 4.98 Å². The Bertz CT molecular complexity index is 887. The van der Waals surface area contributed by atoms with Gasteiger partial charge in [-0.2, -0.15) is 4.98 Å². The molecule has 0 aliphatic carbocycles. The van der Waals surface area contributed by atoms with Gasteiger partial charge in [0.2, 0.25) is 0 Å². The minimum absolute atomic E-state index is 0.0400. The van der Waals surface area contributed by atoms with Crippen LogP contribution in [-0.4, -0.2) is 50.0 Å². The summed E-state index contributed by atoms with van der Waals surface area (Å²) in [6.45, 7) is 1.68. The molecule has 0 bridgehead atoms. The van der Waals surface area contributed by atoms with Gasteiger partial charge >= 0.3 is 5.69 Å². The highest BCUT2D eigenvalue weighted by Crippen LogP contribution is 2.33. The summed E-state index contributed by atoms with van der Waals surface area (Å²) in [6, 6.07) is 7.81. The highest BCUT2D eigenvalue weighted by atomic mass is 19.1. The molecule has 0 saturated carbocycles. The Labute approximate surface area is 147 Å². The molecule has 1 aromatic carbocycles.